The Morgan fingerprint density at radius 2 is 1.96 bits per heavy atom. The second kappa shape index (κ2) is 7.41. The number of benzene rings is 2. The van der Waals surface area contributed by atoms with Crippen LogP contribution in [0.15, 0.2) is 54.7 Å². The van der Waals surface area contributed by atoms with Crippen molar-refractivity contribution in [3.05, 3.63) is 65.9 Å². The fourth-order valence-electron chi connectivity index (χ4n) is 2.29. The molecule has 0 bridgehead atoms. The van der Waals surface area contributed by atoms with Crippen LogP contribution in [0.3, 0.4) is 0 Å². The lowest BCUT2D eigenvalue weighted by atomic mass is 10.1. The number of aryl methyl sites for hydroxylation is 1. The van der Waals surface area contributed by atoms with Gasteiger partial charge < -0.3 is 15.4 Å². The number of nitrogens with zero attached hydrogens (tertiary/aromatic N) is 3. The predicted octanol–water partition coefficient (Wildman–Crippen LogP) is 3.54. The predicted molar refractivity (Wildman–Crippen MR) is 94.6 cm³/mol. The highest BCUT2D eigenvalue weighted by Crippen LogP contribution is 2.20. The molecule has 6 heteroatoms. The monoisotopic (exact) mass is 321 g/mol. The quantitative estimate of drug-likeness (QED) is 0.723. The van der Waals surface area contributed by atoms with Gasteiger partial charge in [0.05, 0.1) is 13.3 Å². The fourth-order valence-corrected chi connectivity index (χ4v) is 2.29. The summed E-state index contributed by atoms with van der Waals surface area (Å²) >= 11 is 0. The number of hydrogen-bond donors (Lipinski definition) is 2. The lowest BCUT2D eigenvalue weighted by Gasteiger charge is -2.09. The van der Waals surface area contributed by atoms with Crippen molar-refractivity contribution in [2.45, 2.75) is 13.5 Å². The smallest absolute Gasteiger partial charge is 0.244 e. The minimum absolute atomic E-state index is 0.476. The zero-order chi connectivity index (χ0) is 16.8. The van der Waals surface area contributed by atoms with Gasteiger partial charge in [-0.05, 0) is 24.6 Å². The molecule has 0 amide bonds. The molecular weight excluding hydrogens is 302 g/mol. The number of nitrogens with one attached hydrogen (secondary N) is 2. The number of aromatic nitrogens is 3. The molecule has 0 fully saturated rings. The van der Waals surface area contributed by atoms with E-state index in [-0.39, 0.29) is 0 Å². The number of hydrogen-bond acceptors (Lipinski definition) is 6. The Labute approximate surface area is 140 Å². The maximum absolute atomic E-state index is 5.21. The molecule has 0 saturated heterocycles. The first kappa shape index (κ1) is 15.7. The summed E-state index contributed by atoms with van der Waals surface area (Å²) in [7, 11) is 1.64. The maximum atomic E-state index is 5.21. The fraction of sp³-hybridized carbons (Fsp3) is 0.167. The minimum atomic E-state index is 0.476. The van der Waals surface area contributed by atoms with Crippen LogP contribution < -0.4 is 15.4 Å². The Morgan fingerprint density at radius 3 is 2.79 bits per heavy atom. The summed E-state index contributed by atoms with van der Waals surface area (Å²) in [6, 6.07) is 15.9. The Bertz CT molecular complexity index is 822. The third kappa shape index (κ3) is 4.19. The van der Waals surface area contributed by atoms with Crippen LogP contribution in [0.25, 0.3) is 0 Å². The van der Waals surface area contributed by atoms with Gasteiger partial charge in [-0.2, -0.15) is 10.1 Å². The van der Waals surface area contributed by atoms with Crippen LogP contribution in [0, 0.1) is 6.92 Å². The van der Waals surface area contributed by atoms with Gasteiger partial charge in [0.2, 0.25) is 5.95 Å². The molecule has 3 rings (SSSR count). The van der Waals surface area contributed by atoms with Crippen molar-refractivity contribution in [2.75, 3.05) is 17.7 Å². The average Bonchev–Trinajstić information content (AvgIpc) is 2.61. The van der Waals surface area contributed by atoms with Gasteiger partial charge in [0.25, 0.3) is 0 Å². The van der Waals surface area contributed by atoms with Gasteiger partial charge >= 0.3 is 0 Å². The highest BCUT2D eigenvalue weighted by Gasteiger charge is 2.02. The van der Waals surface area contributed by atoms with Crippen molar-refractivity contribution in [3.8, 4) is 5.75 Å². The molecule has 0 spiro atoms. The SMILES string of the molecule is COc1cccc(Nc2cnnc(NCc3cccc(C)c3)n2)c1. The number of methoxy groups -OCH3 is 1. The van der Waals surface area contributed by atoms with Crippen LogP contribution >= 0.6 is 0 Å². The maximum Gasteiger partial charge on any atom is 0.244 e. The van der Waals surface area contributed by atoms with E-state index in [4.69, 9.17) is 4.74 Å². The number of rotatable bonds is 6. The first-order valence-corrected chi connectivity index (χ1v) is 7.63. The summed E-state index contributed by atoms with van der Waals surface area (Å²) in [5, 5.41) is 14.4. The van der Waals surface area contributed by atoms with Crippen molar-refractivity contribution in [2.24, 2.45) is 0 Å². The van der Waals surface area contributed by atoms with Gasteiger partial charge in [0, 0.05) is 18.3 Å². The molecule has 3 aromatic rings. The topological polar surface area (TPSA) is 72.0 Å². The van der Waals surface area contributed by atoms with E-state index in [1.807, 2.05) is 30.3 Å². The average molecular weight is 321 g/mol. The summed E-state index contributed by atoms with van der Waals surface area (Å²) < 4.78 is 5.21. The lowest BCUT2D eigenvalue weighted by Crippen LogP contribution is -2.06. The van der Waals surface area contributed by atoms with Gasteiger partial charge in [-0.3, -0.25) is 0 Å². The molecular formula is C18H19N5O. The summed E-state index contributed by atoms with van der Waals surface area (Å²) in [5.74, 6) is 1.87. The van der Waals surface area contributed by atoms with Crippen molar-refractivity contribution >= 4 is 17.5 Å². The van der Waals surface area contributed by atoms with Crippen LogP contribution in [0.5, 0.6) is 5.75 Å². The zero-order valence-corrected chi connectivity index (χ0v) is 13.7. The van der Waals surface area contributed by atoms with Crippen LogP contribution in [0.4, 0.5) is 17.5 Å². The summed E-state index contributed by atoms with van der Waals surface area (Å²) in [6.45, 7) is 2.71. The molecule has 0 radical (unpaired) electrons. The molecule has 0 atom stereocenters. The minimum Gasteiger partial charge on any atom is -0.497 e. The molecule has 0 unspecified atom stereocenters. The van der Waals surface area contributed by atoms with Crippen molar-refractivity contribution in [1.29, 1.82) is 0 Å². The molecule has 2 aromatic carbocycles. The molecule has 0 aliphatic heterocycles. The number of ether oxygens (including phenoxy) is 1. The summed E-state index contributed by atoms with van der Waals surface area (Å²) in [5.41, 5.74) is 3.27. The van der Waals surface area contributed by atoms with E-state index in [0.717, 1.165) is 11.4 Å². The van der Waals surface area contributed by atoms with E-state index in [2.05, 4.69) is 50.9 Å². The standard InChI is InChI=1S/C18H19N5O/c1-13-5-3-6-14(9-13)11-19-18-22-17(12-20-23-18)21-15-7-4-8-16(10-15)24-2/h3-10,12H,11H2,1-2H3,(H2,19,21,22,23). The molecule has 122 valence electrons. The Morgan fingerprint density at radius 1 is 1.08 bits per heavy atom. The van der Waals surface area contributed by atoms with Gasteiger partial charge in [-0.15, -0.1) is 5.10 Å². The molecule has 6 nitrogen and oxygen atoms in total. The van der Waals surface area contributed by atoms with E-state index < -0.39 is 0 Å². The summed E-state index contributed by atoms with van der Waals surface area (Å²) in [4.78, 5) is 4.42. The van der Waals surface area contributed by atoms with Gasteiger partial charge in [0.15, 0.2) is 5.82 Å². The van der Waals surface area contributed by atoms with Crippen molar-refractivity contribution < 1.29 is 4.74 Å². The van der Waals surface area contributed by atoms with E-state index in [1.54, 1.807) is 13.3 Å². The van der Waals surface area contributed by atoms with Crippen molar-refractivity contribution in [1.82, 2.24) is 15.2 Å². The summed E-state index contributed by atoms with van der Waals surface area (Å²) in [6.07, 6.45) is 1.58. The van der Waals surface area contributed by atoms with Gasteiger partial charge in [-0.25, -0.2) is 0 Å². The molecule has 1 heterocycles. The second-order valence-corrected chi connectivity index (χ2v) is 5.36. The highest BCUT2D eigenvalue weighted by atomic mass is 16.5. The highest BCUT2D eigenvalue weighted by molar-refractivity contribution is 5.58. The van der Waals surface area contributed by atoms with E-state index in [9.17, 15) is 0 Å². The lowest BCUT2D eigenvalue weighted by molar-refractivity contribution is 0.415. The van der Waals surface area contributed by atoms with E-state index >= 15 is 0 Å². The van der Waals surface area contributed by atoms with Crippen LogP contribution in [-0.4, -0.2) is 22.3 Å². The van der Waals surface area contributed by atoms with Gasteiger partial charge in [-0.1, -0.05) is 35.9 Å². The van der Waals surface area contributed by atoms with E-state index in [0.29, 0.717) is 18.3 Å². The van der Waals surface area contributed by atoms with Crippen LogP contribution in [-0.2, 0) is 6.54 Å². The Hall–Kier alpha value is -3.15. The normalized spacial score (nSPS) is 10.2. The third-order valence-corrected chi connectivity index (χ3v) is 3.43. The first-order chi connectivity index (χ1) is 11.7. The van der Waals surface area contributed by atoms with Crippen molar-refractivity contribution in [3.63, 3.8) is 0 Å². The first-order valence-electron chi connectivity index (χ1n) is 7.63. The van der Waals surface area contributed by atoms with Crippen LogP contribution in [0.2, 0.25) is 0 Å². The Balaban J connectivity index is 1.67. The largest absolute Gasteiger partial charge is 0.497 e. The second-order valence-electron chi connectivity index (χ2n) is 5.36. The molecule has 0 aliphatic rings. The molecule has 0 saturated carbocycles. The van der Waals surface area contributed by atoms with Gasteiger partial charge in [0.1, 0.15) is 5.75 Å². The molecule has 0 aliphatic carbocycles. The Kier molecular flexibility index (Phi) is 4.86. The zero-order valence-electron chi connectivity index (χ0n) is 13.7. The third-order valence-electron chi connectivity index (χ3n) is 3.43. The molecule has 2 N–H and O–H groups in total. The van der Waals surface area contributed by atoms with E-state index in [1.165, 1.54) is 11.1 Å². The molecule has 1 aromatic heterocycles. The number of anilines is 3. The van der Waals surface area contributed by atoms with Crippen LogP contribution in [0.1, 0.15) is 11.1 Å². The molecule has 24 heavy (non-hydrogen) atoms.